The molecule has 0 aliphatic heterocycles. The minimum Gasteiger partial charge on any atom is -0.263 e. The zero-order chi connectivity index (χ0) is 13.1. The minimum atomic E-state index is -0.0962. The Labute approximate surface area is 125 Å². The largest absolute Gasteiger partial charge is 0.263 e. The molecule has 0 aliphatic rings. The number of aryl methyl sites for hydroxylation is 1. The molecule has 2 aromatic rings. The predicted octanol–water partition coefficient (Wildman–Crippen LogP) is 5.33. The van der Waals surface area contributed by atoms with Gasteiger partial charge in [0.15, 0.2) is 0 Å². The molecule has 1 aromatic heterocycles. The molecule has 1 atom stereocenters. The van der Waals surface area contributed by atoms with Gasteiger partial charge in [-0.3, -0.25) is 4.98 Å². The fourth-order valence-electron chi connectivity index (χ4n) is 1.83. The molecule has 4 heteroatoms. The maximum Gasteiger partial charge on any atom is 0.0626 e. The Bertz CT molecular complexity index is 537. The van der Waals surface area contributed by atoms with Gasteiger partial charge in [-0.1, -0.05) is 33.6 Å². The highest BCUT2D eigenvalue weighted by Gasteiger charge is 2.12. The number of benzene rings is 1. The van der Waals surface area contributed by atoms with Gasteiger partial charge in [0.05, 0.1) is 10.4 Å². The smallest absolute Gasteiger partial charge is 0.0626 e. The van der Waals surface area contributed by atoms with Gasteiger partial charge in [0.1, 0.15) is 0 Å². The molecule has 0 saturated carbocycles. The molecule has 0 aliphatic carbocycles. The van der Waals surface area contributed by atoms with Crippen molar-refractivity contribution in [3.63, 3.8) is 0 Å². The maximum absolute atomic E-state index is 6.46. The van der Waals surface area contributed by atoms with E-state index in [-0.39, 0.29) is 5.38 Å². The summed E-state index contributed by atoms with van der Waals surface area (Å²) in [5.41, 5.74) is 3.30. The quantitative estimate of drug-likeness (QED) is 0.686. The monoisotopic (exact) mass is 343 g/mol. The summed E-state index contributed by atoms with van der Waals surface area (Å²) in [7, 11) is 0. The second kappa shape index (κ2) is 6.05. The van der Waals surface area contributed by atoms with Crippen molar-refractivity contribution in [2.24, 2.45) is 0 Å². The first kappa shape index (κ1) is 13.9. The summed E-state index contributed by atoms with van der Waals surface area (Å²) in [5, 5.41) is 0.566. The van der Waals surface area contributed by atoms with E-state index in [0.29, 0.717) is 11.4 Å². The van der Waals surface area contributed by atoms with Gasteiger partial charge in [-0.25, -0.2) is 0 Å². The molecule has 1 aromatic carbocycles. The molecule has 0 fully saturated rings. The molecule has 1 heterocycles. The number of rotatable bonds is 3. The average Bonchev–Trinajstić information content (AvgIpc) is 2.31. The third-order valence-corrected chi connectivity index (χ3v) is 3.89. The molecule has 0 amide bonds. The van der Waals surface area contributed by atoms with Crippen LogP contribution in [0.25, 0.3) is 0 Å². The zero-order valence-electron chi connectivity index (χ0n) is 9.83. The van der Waals surface area contributed by atoms with Crippen molar-refractivity contribution in [3.8, 4) is 0 Å². The molecular weight excluding hydrogens is 333 g/mol. The average molecular weight is 345 g/mol. The van der Waals surface area contributed by atoms with Crippen molar-refractivity contribution < 1.29 is 0 Å². The Morgan fingerprint density at radius 2 is 2.11 bits per heavy atom. The Morgan fingerprint density at radius 1 is 1.33 bits per heavy atom. The highest BCUT2D eigenvalue weighted by atomic mass is 79.9. The molecule has 0 N–H and O–H groups in total. The molecule has 0 bridgehead atoms. The van der Waals surface area contributed by atoms with E-state index < -0.39 is 0 Å². The molecule has 0 saturated heterocycles. The van der Waals surface area contributed by atoms with E-state index in [1.54, 1.807) is 12.4 Å². The van der Waals surface area contributed by atoms with E-state index in [0.717, 1.165) is 15.6 Å². The summed E-state index contributed by atoms with van der Waals surface area (Å²) in [4.78, 5) is 3.97. The van der Waals surface area contributed by atoms with E-state index in [9.17, 15) is 0 Å². The molecule has 94 valence electrons. The van der Waals surface area contributed by atoms with Crippen LogP contribution in [-0.4, -0.2) is 4.98 Å². The summed E-state index contributed by atoms with van der Waals surface area (Å²) in [6.45, 7) is 2.05. The molecule has 1 nitrogen and oxygen atoms in total. The molecule has 18 heavy (non-hydrogen) atoms. The fraction of sp³-hybridized carbons (Fsp3) is 0.214. The first-order valence-electron chi connectivity index (χ1n) is 5.56. The first-order valence-corrected chi connectivity index (χ1v) is 7.16. The Hall–Kier alpha value is -0.570. The van der Waals surface area contributed by atoms with Gasteiger partial charge in [-0.15, -0.1) is 11.6 Å². The van der Waals surface area contributed by atoms with Crippen LogP contribution in [0.15, 0.2) is 41.1 Å². The lowest BCUT2D eigenvalue weighted by atomic mass is 10.0. The van der Waals surface area contributed by atoms with Gasteiger partial charge in [-0.05, 0) is 48.2 Å². The van der Waals surface area contributed by atoms with Crippen LogP contribution in [-0.2, 0) is 6.42 Å². The normalized spacial score (nSPS) is 12.4. The number of hydrogen-bond donors (Lipinski definition) is 0. The van der Waals surface area contributed by atoms with Crippen LogP contribution in [0, 0.1) is 6.92 Å². The second-order valence-corrected chi connectivity index (χ2v) is 6.05. The lowest BCUT2D eigenvalue weighted by Gasteiger charge is -2.12. The Kier molecular flexibility index (Phi) is 4.66. The van der Waals surface area contributed by atoms with Gasteiger partial charge in [-0.2, -0.15) is 0 Å². The van der Waals surface area contributed by atoms with E-state index in [1.807, 2.05) is 12.1 Å². The molecule has 1 unspecified atom stereocenters. The van der Waals surface area contributed by atoms with Crippen molar-refractivity contribution >= 4 is 39.1 Å². The van der Waals surface area contributed by atoms with Crippen LogP contribution >= 0.6 is 39.1 Å². The highest BCUT2D eigenvalue weighted by Crippen LogP contribution is 2.30. The van der Waals surface area contributed by atoms with Crippen LogP contribution in [0.1, 0.15) is 22.1 Å². The van der Waals surface area contributed by atoms with Crippen LogP contribution in [0.3, 0.4) is 0 Å². The predicted molar refractivity (Wildman–Crippen MR) is 80.4 cm³/mol. The van der Waals surface area contributed by atoms with Crippen LogP contribution in [0.2, 0.25) is 5.02 Å². The van der Waals surface area contributed by atoms with E-state index in [4.69, 9.17) is 23.2 Å². The van der Waals surface area contributed by atoms with Crippen LogP contribution < -0.4 is 0 Å². The van der Waals surface area contributed by atoms with Crippen molar-refractivity contribution in [1.82, 2.24) is 4.98 Å². The molecule has 0 spiro atoms. The Morgan fingerprint density at radius 3 is 2.78 bits per heavy atom. The molecule has 0 radical (unpaired) electrons. The lowest BCUT2D eigenvalue weighted by Crippen LogP contribution is -1.97. The number of halogens is 3. The lowest BCUT2D eigenvalue weighted by molar-refractivity contribution is 0.913. The molecule has 2 rings (SSSR count). The van der Waals surface area contributed by atoms with Crippen LogP contribution in [0.5, 0.6) is 0 Å². The zero-order valence-corrected chi connectivity index (χ0v) is 12.9. The third kappa shape index (κ3) is 3.47. The SMILES string of the molecule is Cc1cc(Br)cc(C(Cl)Cc2ccncc2Cl)c1. The number of alkyl halides is 1. The summed E-state index contributed by atoms with van der Waals surface area (Å²) in [5.74, 6) is 0. The standard InChI is InChI=1S/C14H12BrCl2N/c1-9-4-11(6-12(15)5-9)13(16)7-10-2-3-18-8-14(10)17/h2-6,8,13H,7H2,1H3. The van der Waals surface area contributed by atoms with Crippen molar-refractivity contribution in [2.45, 2.75) is 18.7 Å². The van der Waals surface area contributed by atoms with Gasteiger partial charge in [0.25, 0.3) is 0 Å². The number of aromatic nitrogens is 1. The molecular formula is C14H12BrCl2N. The minimum absolute atomic E-state index is 0.0962. The highest BCUT2D eigenvalue weighted by molar-refractivity contribution is 9.10. The van der Waals surface area contributed by atoms with Crippen LogP contribution in [0.4, 0.5) is 0 Å². The second-order valence-electron chi connectivity index (χ2n) is 4.20. The van der Waals surface area contributed by atoms with Gasteiger partial charge >= 0.3 is 0 Å². The van der Waals surface area contributed by atoms with Gasteiger partial charge in [0, 0.05) is 16.9 Å². The topological polar surface area (TPSA) is 12.9 Å². The third-order valence-electron chi connectivity index (χ3n) is 2.68. The Balaban J connectivity index is 2.22. The summed E-state index contributed by atoms with van der Waals surface area (Å²) in [6.07, 6.45) is 4.07. The van der Waals surface area contributed by atoms with Crippen molar-refractivity contribution in [2.75, 3.05) is 0 Å². The first-order chi connectivity index (χ1) is 8.56. The fourth-order valence-corrected chi connectivity index (χ4v) is 2.94. The van der Waals surface area contributed by atoms with E-state index in [1.165, 1.54) is 5.56 Å². The van der Waals surface area contributed by atoms with Crippen molar-refractivity contribution in [3.05, 3.63) is 62.8 Å². The van der Waals surface area contributed by atoms with Gasteiger partial charge in [0.2, 0.25) is 0 Å². The van der Waals surface area contributed by atoms with E-state index in [2.05, 4.69) is 40.0 Å². The number of pyridine rings is 1. The number of nitrogens with zero attached hydrogens (tertiary/aromatic N) is 1. The van der Waals surface area contributed by atoms with Gasteiger partial charge < -0.3 is 0 Å². The number of hydrogen-bond acceptors (Lipinski definition) is 1. The summed E-state index contributed by atoms with van der Waals surface area (Å²) < 4.78 is 1.05. The maximum atomic E-state index is 6.46. The summed E-state index contributed by atoms with van der Waals surface area (Å²) >= 11 is 16.0. The summed E-state index contributed by atoms with van der Waals surface area (Å²) in [6, 6.07) is 8.10. The van der Waals surface area contributed by atoms with Crippen molar-refractivity contribution in [1.29, 1.82) is 0 Å². The van der Waals surface area contributed by atoms with E-state index >= 15 is 0 Å².